The van der Waals surface area contributed by atoms with E-state index in [0.29, 0.717) is 30.2 Å². The van der Waals surface area contributed by atoms with Crippen molar-refractivity contribution in [1.82, 2.24) is 15.1 Å². The smallest absolute Gasteiger partial charge is 0.274 e. The Balaban J connectivity index is 1.49. The molecule has 1 fully saturated rings. The number of amides is 1. The Morgan fingerprint density at radius 2 is 2.16 bits per heavy atom. The highest BCUT2D eigenvalue weighted by atomic mass is 35.5. The minimum atomic E-state index is -0.0691. The van der Waals surface area contributed by atoms with Crippen molar-refractivity contribution in [1.29, 1.82) is 0 Å². The molecule has 1 aromatic carbocycles. The Labute approximate surface area is 150 Å². The van der Waals surface area contributed by atoms with Crippen LogP contribution in [0.4, 0.5) is 0 Å². The summed E-state index contributed by atoms with van der Waals surface area (Å²) in [6, 6.07) is 13.3. The van der Waals surface area contributed by atoms with Gasteiger partial charge in [0.1, 0.15) is 11.5 Å². The van der Waals surface area contributed by atoms with E-state index < -0.39 is 0 Å². The number of halogens is 1. The van der Waals surface area contributed by atoms with Crippen molar-refractivity contribution in [2.24, 2.45) is 0 Å². The lowest BCUT2D eigenvalue weighted by Gasteiger charge is -2.16. The number of nitrogens with zero attached hydrogens (tertiary/aromatic N) is 2. The molecule has 1 amide bonds. The van der Waals surface area contributed by atoms with E-state index in [4.69, 9.17) is 16.0 Å². The predicted molar refractivity (Wildman–Crippen MR) is 95.7 cm³/mol. The largest absolute Gasteiger partial charge is 0.460 e. The number of H-pyrrole nitrogens is 1. The summed E-state index contributed by atoms with van der Waals surface area (Å²) in [6.07, 6.45) is 0.907. The predicted octanol–water partition coefficient (Wildman–Crippen LogP) is 4.26. The first-order chi connectivity index (χ1) is 12.1. The summed E-state index contributed by atoms with van der Waals surface area (Å²) in [7, 11) is 0. The molecule has 0 saturated carbocycles. The van der Waals surface area contributed by atoms with Crippen molar-refractivity contribution in [3.63, 3.8) is 0 Å². The van der Waals surface area contributed by atoms with Crippen LogP contribution in [0, 0.1) is 6.92 Å². The molecule has 1 saturated heterocycles. The van der Waals surface area contributed by atoms with Crippen LogP contribution in [-0.2, 0) is 0 Å². The molecule has 1 aliphatic heterocycles. The van der Waals surface area contributed by atoms with E-state index in [0.717, 1.165) is 22.8 Å². The number of aromatic nitrogens is 2. The van der Waals surface area contributed by atoms with Crippen LogP contribution < -0.4 is 0 Å². The van der Waals surface area contributed by atoms with Crippen LogP contribution in [-0.4, -0.2) is 34.1 Å². The Kier molecular flexibility index (Phi) is 4.09. The lowest BCUT2D eigenvalue weighted by atomic mass is 9.98. The zero-order valence-corrected chi connectivity index (χ0v) is 14.6. The molecule has 0 spiro atoms. The van der Waals surface area contributed by atoms with Crippen LogP contribution >= 0.6 is 11.6 Å². The van der Waals surface area contributed by atoms with E-state index in [1.807, 2.05) is 48.2 Å². The van der Waals surface area contributed by atoms with Gasteiger partial charge >= 0.3 is 0 Å². The molecule has 5 nitrogen and oxygen atoms in total. The van der Waals surface area contributed by atoms with E-state index in [-0.39, 0.29) is 11.8 Å². The minimum Gasteiger partial charge on any atom is -0.460 e. The molecule has 128 valence electrons. The highest BCUT2D eigenvalue weighted by Gasteiger charge is 2.30. The zero-order chi connectivity index (χ0) is 17.4. The van der Waals surface area contributed by atoms with Gasteiger partial charge in [-0.05, 0) is 37.1 Å². The van der Waals surface area contributed by atoms with Gasteiger partial charge in [-0.1, -0.05) is 29.8 Å². The van der Waals surface area contributed by atoms with E-state index in [1.165, 1.54) is 0 Å². The molecule has 0 bridgehead atoms. The molecule has 3 aromatic rings. The molecule has 2 aromatic heterocycles. The molecule has 6 heteroatoms. The molecular formula is C19H18ClN3O2. The van der Waals surface area contributed by atoms with Crippen LogP contribution in [0.1, 0.15) is 34.2 Å². The molecule has 3 heterocycles. The second-order valence-electron chi connectivity index (χ2n) is 6.34. The van der Waals surface area contributed by atoms with Gasteiger partial charge in [0.15, 0.2) is 11.5 Å². The van der Waals surface area contributed by atoms with Gasteiger partial charge in [-0.2, -0.15) is 5.10 Å². The first-order valence-corrected chi connectivity index (χ1v) is 8.65. The summed E-state index contributed by atoms with van der Waals surface area (Å²) in [6.45, 7) is 3.24. The first-order valence-electron chi connectivity index (χ1n) is 8.28. The maximum absolute atomic E-state index is 12.7. The quantitative estimate of drug-likeness (QED) is 0.763. The van der Waals surface area contributed by atoms with Gasteiger partial charge in [-0.15, -0.1) is 0 Å². The minimum absolute atomic E-state index is 0.0691. The fourth-order valence-electron chi connectivity index (χ4n) is 3.30. The van der Waals surface area contributed by atoms with Crippen molar-refractivity contribution < 1.29 is 9.21 Å². The summed E-state index contributed by atoms with van der Waals surface area (Å²) < 4.78 is 5.57. The Morgan fingerprint density at radius 1 is 1.32 bits per heavy atom. The third-order valence-electron chi connectivity index (χ3n) is 4.62. The van der Waals surface area contributed by atoms with Crippen LogP contribution in [0.25, 0.3) is 11.5 Å². The highest BCUT2D eigenvalue weighted by molar-refractivity contribution is 6.31. The molecular weight excluding hydrogens is 338 g/mol. The molecule has 25 heavy (non-hydrogen) atoms. The third kappa shape index (κ3) is 3.07. The summed E-state index contributed by atoms with van der Waals surface area (Å²) in [5.41, 5.74) is 2.22. The number of aromatic amines is 1. The van der Waals surface area contributed by atoms with Crippen molar-refractivity contribution in [2.75, 3.05) is 13.1 Å². The van der Waals surface area contributed by atoms with Crippen molar-refractivity contribution >= 4 is 17.5 Å². The molecule has 4 rings (SSSR count). The van der Waals surface area contributed by atoms with Crippen LogP contribution in [0.15, 0.2) is 46.9 Å². The summed E-state index contributed by atoms with van der Waals surface area (Å²) in [4.78, 5) is 14.6. The summed E-state index contributed by atoms with van der Waals surface area (Å²) in [5, 5.41) is 7.80. The SMILES string of the molecule is Cc1ccc(-c2cc(C(=O)N3CCC(c4ccccc4Cl)C3)n[nH]2)o1. The van der Waals surface area contributed by atoms with E-state index in [2.05, 4.69) is 10.2 Å². The number of carbonyl (C=O) groups is 1. The second kappa shape index (κ2) is 6.41. The number of hydrogen-bond donors (Lipinski definition) is 1. The average Bonchev–Trinajstić information content (AvgIpc) is 3.35. The Hall–Kier alpha value is -2.53. The topological polar surface area (TPSA) is 62.1 Å². The van der Waals surface area contributed by atoms with Gasteiger partial charge in [-0.3, -0.25) is 9.89 Å². The molecule has 1 atom stereocenters. The van der Waals surface area contributed by atoms with Gasteiger partial charge in [0.05, 0.1) is 0 Å². The molecule has 0 aliphatic carbocycles. The Morgan fingerprint density at radius 3 is 2.92 bits per heavy atom. The van der Waals surface area contributed by atoms with Crippen LogP contribution in [0.3, 0.4) is 0 Å². The number of furan rings is 1. The van der Waals surface area contributed by atoms with Gasteiger partial charge in [0.25, 0.3) is 5.91 Å². The van der Waals surface area contributed by atoms with E-state index >= 15 is 0 Å². The fraction of sp³-hybridized carbons (Fsp3) is 0.263. The van der Waals surface area contributed by atoms with Gasteiger partial charge in [-0.25, -0.2) is 0 Å². The number of aryl methyl sites for hydroxylation is 1. The molecule has 1 unspecified atom stereocenters. The number of hydrogen-bond acceptors (Lipinski definition) is 3. The fourth-order valence-corrected chi connectivity index (χ4v) is 3.59. The summed E-state index contributed by atoms with van der Waals surface area (Å²) in [5.74, 6) is 1.70. The third-order valence-corrected chi connectivity index (χ3v) is 4.97. The zero-order valence-electron chi connectivity index (χ0n) is 13.8. The maximum Gasteiger partial charge on any atom is 0.274 e. The van der Waals surface area contributed by atoms with Gasteiger partial charge in [0.2, 0.25) is 0 Å². The first kappa shape index (κ1) is 16.0. The normalized spacial score (nSPS) is 17.2. The summed E-state index contributed by atoms with van der Waals surface area (Å²) >= 11 is 6.29. The Bertz CT molecular complexity index is 915. The molecule has 0 radical (unpaired) electrons. The van der Waals surface area contributed by atoms with E-state index in [9.17, 15) is 4.79 Å². The lowest BCUT2D eigenvalue weighted by molar-refractivity contribution is 0.0785. The van der Waals surface area contributed by atoms with Crippen molar-refractivity contribution in [2.45, 2.75) is 19.3 Å². The monoisotopic (exact) mass is 355 g/mol. The number of nitrogens with one attached hydrogen (secondary N) is 1. The lowest BCUT2D eigenvalue weighted by Crippen LogP contribution is -2.28. The number of carbonyl (C=O) groups excluding carboxylic acids is 1. The maximum atomic E-state index is 12.7. The van der Waals surface area contributed by atoms with Gasteiger partial charge < -0.3 is 9.32 Å². The van der Waals surface area contributed by atoms with Crippen molar-refractivity contribution in [3.8, 4) is 11.5 Å². The molecule has 1 N–H and O–H groups in total. The average molecular weight is 356 g/mol. The number of rotatable bonds is 3. The second-order valence-corrected chi connectivity index (χ2v) is 6.74. The van der Waals surface area contributed by atoms with Crippen molar-refractivity contribution in [3.05, 3.63) is 64.5 Å². The highest BCUT2D eigenvalue weighted by Crippen LogP contribution is 2.32. The van der Waals surface area contributed by atoms with Gasteiger partial charge in [0, 0.05) is 30.1 Å². The number of likely N-dealkylation sites (tertiary alicyclic amines) is 1. The number of benzene rings is 1. The standard InChI is InChI=1S/C19H18ClN3O2/c1-12-6-7-18(25-12)16-10-17(22-21-16)19(24)23-9-8-13(11-23)14-4-2-3-5-15(14)20/h2-7,10,13H,8-9,11H2,1H3,(H,21,22). The van der Waals surface area contributed by atoms with E-state index in [1.54, 1.807) is 6.07 Å². The van der Waals surface area contributed by atoms with Crippen LogP contribution in [0.5, 0.6) is 0 Å². The molecule has 1 aliphatic rings. The van der Waals surface area contributed by atoms with Crippen LogP contribution in [0.2, 0.25) is 5.02 Å².